The van der Waals surface area contributed by atoms with Gasteiger partial charge >= 0.3 is 0 Å². The molecule has 0 bridgehead atoms. The molecule has 1 nitrogen and oxygen atoms in total. The third-order valence-corrected chi connectivity index (χ3v) is 4.42. The van der Waals surface area contributed by atoms with Crippen molar-refractivity contribution in [3.8, 4) is 0 Å². The Balaban J connectivity index is 2.05. The van der Waals surface area contributed by atoms with E-state index < -0.39 is 0 Å². The van der Waals surface area contributed by atoms with Gasteiger partial charge < -0.3 is 5.32 Å². The fraction of sp³-hybridized carbons (Fsp3) is 1.00. The summed E-state index contributed by atoms with van der Waals surface area (Å²) in [5.41, 5.74) is 0. The van der Waals surface area contributed by atoms with Gasteiger partial charge in [-0.1, -0.05) is 33.6 Å². The quantitative estimate of drug-likeness (QED) is 0.649. The normalized spacial score (nSPS) is 18.4. The largest absolute Gasteiger partial charge is 0.313 e. The lowest BCUT2D eigenvalue weighted by atomic mass is 10.1. The van der Waals surface area contributed by atoms with Gasteiger partial charge in [0.25, 0.3) is 0 Å². The van der Waals surface area contributed by atoms with Crippen LogP contribution in [0.5, 0.6) is 0 Å². The predicted octanol–water partition coefficient (Wildman–Crippen LogP) is 3.54. The van der Waals surface area contributed by atoms with Crippen molar-refractivity contribution >= 4 is 11.8 Å². The molecule has 0 saturated heterocycles. The minimum Gasteiger partial charge on any atom is -0.313 e. The minimum atomic E-state index is 0.763. The van der Waals surface area contributed by atoms with Crippen LogP contribution in [0.25, 0.3) is 0 Å². The lowest BCUT2D eigenvalue weighted by Crippen LogP contribution is -2.31. The first-order chi connectivity index (χ1) is 7.22. The van der Waals surface area contributed by atoms with Crippen LogP contribution in [0.4, 0.5) is 0 Å². The van der Waals surface area contributed by atoms with Gasteiger partial charge in [-0.05, 0) is 37.0 Å². The van der Waals surface area contributed by atoms with Crippen LogP contribution >= 0.6 is 11.8 Å². The summed E-state index contributed by atoms with van der Waals surface area (Å²) in [5, 5.41) is 3.62. The molecule has 0 aromatic rings. The summed E-state index contributed by atoms with van der Waals surface area (Å²) < 4.78 is 0. The molecule has 1 aliphatic rings. The van der Waals surface area contributed by atoms with Gasteiger partial charge in [-0.15, -0.1) is 0 Å². The lowest BCUT2D eigenvalue weighted by molar-refractivity contribution is 0.501. The van der Waals surface area contributed by atoms with Crippen molar-refractivity contribution in [1.29, 1.82) is 0 Å². The molecule has 1 unspecified atom stereocenters. The second-order valence-electron chi connectivity index (χ2n) is 5.21. The zero-order chi connectivity index (χ0) is 11.1. The van der Waals surface area contributed by atoms with Gasteiger partial charge in [-0.2, -0.15) is 11.8 Å². The molecule has 0 heterocycles. The molecule has 0 spiro atoms. The highest BCUT2D eigenvalue weighted by Crippen LogP contribution is 2.34. The van der Waals surface area contributed by atoms with Gasteiger partial charge in [0.05, 0.1) is 0 Å². The summed E-state index contributed by atoms with van der Waals surface area (Å²) in [6, 6.07) is 0.763. The molecule has 1 saturated carbocycles. The molecule has 1 fully saturated rings. The Hall–Kier alpha value is 0.310. The van der Waals surface area contributed by atoms with Crippen molar-refractivity contribution in [2.45, 2.75) is 52.5 Å². The average Bonchev–Trinajstić information content (AvgIpc) is 2.97. The van der Waals surface area contributed by atoms with Crippen molar-refractivity contribution < 1.29 is 0 Å². The van der Waals surface area contributed by atoms with Gasteiger partial charge in [0.1, 0.15) is 0 Å². The maximum absolute atomic E-state index is 3.62. The third-order valence-electron chi connectivity index (χ3n) is 2.88. The molecule has 1 atom stereocenters. The second kappa shape index (κ2) is 7.56. The Morgan fingerprint density at radius 1 is 1.27 bits per heavy atom. The fourth-order valence-electron chi connectivity index (χ4n) is 1.82. The van der Waals surface area contributed by atoms with Crippen LogP contribution in [0.2, 0.25) is 0 Å². The van der Waals surface area contributed by atoms with Crippen LogP contribution in [0.1, 0.15) is 46.5 Å². The van der Waals surface area contributed by atoms with E-state index in [2.05, 4.69) is 37.8 Å². The van der Waals surface area contributed by atoms with Crippen molar-refractivity contribution in [3.63, 3.8) is 0 Å². The summed E-state index contributed by atoms with van der Waals surface area (Å²) in [5.74, 6) is 4.53. The zero-order valence-corrected chi connectivity index (χ0v) is 11.4. The Bertz CT molecular complexity index is 155. The fourth-order valence-corrected chi connectivity index (χ4v) is 3.00. The molecule has 1 aliphatic carbocycles. The molecule has 90 valence electrons. The SMILES string of the molecule is CCNC(CCC1CC1)CSCC(C)C. The number of hydrogen-bond acceptors (Lipinski definition) is 2. The Labute approximate surface area is 99.8 Å². The number of nitrogens with one attached hydrogen (secondary N) is 1. The first-order valence-corrected chi connectivity index (χ1v) is 7.69. The molecule has 1 rings (SSSR count). The summed E-state index contributed by atoms with van der Waals surface area (Å²) >= 11 is 2.12. The average molecular weight is 229 g/mol. The number of thioether (sulfide) groups is 1. The van der Waals surface area contributed by atoms with Crippen LogP contribution in [-0.4, -0.2) is 24.1 Å². The van der Waals surface area contributed by atoms with Crippen LogP contribution in [0, 0.1) is 11.8 Å². The van der Waals surface area contributed by atoms with Gasteiger partial charge in [0.2, 0.25) is 0 Å². The summed E-state index contributed by atoms with van der Waals surface area (Å²) in [4.78, 5) is 0. The summed E-state index contributed by atoms with van der Waals surface area (Å²) in [6.07, 6.45) is 5.85. The van der Waals surface area contributed by atoms with Crippen LogP contribution in [-0.2, 0) is 0 Å². The van der Waals surface area contributed by atoms with Gasteiger partial charge in [0, 0.05) is 11.8 Å². The van der Waals surface area contributed by atoms with Gasteiger partial charge in [-0.25, -0.2) is 0 Å². The van der Waals surface area contributed by atoms with Crippen molar-refractivity contribution in [2.75, 3.05) is 18.1 Å². The molecule has 0 amide bonds. The maximum atomic E-state index is 3.62. The number of rotatable bonds is 9. The summed E-state index contributed by atoms with van der Waals surface area (Å²) in [7, 11) is 0. The highest BCUT2D eigenvalue weighted by atomic mass is 32.2. The highest BCUT2D eigenvalue weighted by Gasteiger charge is 2.22. The maximum Gasteiger partial charge on any atom is 0.0158 e. The van der Waals surface area contributed by atoms with E-state index in [0.29, 0.717) is 0 Å². The van der Waals surface area contributed by atoms with E-state index in [0.717, 1.165) is 24.4 Å². The molecular formula is C13H27NS. The van der Waals surface area contributed by atoms with E-state index in [1.807, 2.05) is 0 Å². The molecule has 0 radical (unpaired) electrons. The predicted molar refractivity (Wildman–Crippen MR) is 71.6 cm³/mol. The second-order valence-corrected chi connectivity index (χ2v) is 6.28. The molecule has 1 N–H and O–H groups in total. The van der Waals surface area contributed by atoms with Gasteiger partial charge in [0.15, 0.2) is 0 Å². The van der Waals surface area contributed by atoms with E-state index in [1.54, 1.807) is 0 Å². The standard InChI is InChI=1S/C13H27NS/c1-4-14-13(8-7-12-5-6-12)10-15-9-11(2)3/h11-14H,4-10H2,1-3H3. The van der Waals surface area contributed by atoms with Crippen molar-refractivity contribution in [1.82, 2.24) is 5.32 Å². The zero-order valence-electron chi connectivity index (χ0n) is 10.6. The molecule has 15 heavy (non-hydrogen) atoms. The van der Waals surface area contributed by atoms with Gasteiger partial charge in [-0.3, -0.25) is 0 Å². The Morgan fingerprint density at radius 3 is 2.53 bits per heavy atom. The molecule has 0 aliphatic heterocycles. The first-order valence-electron chi connectivity index (χ1n) is 6.53. The topological polar surface area (TPSA) is 12.0 Å². The third kappa shape index (κ3) is 7.24. The molecule has 0 aromatic heterocycles. The van der Waals surface area contributed by atoms with Crippen molar-refractivity contribution in [3.05, 3.63) is 0 Å². The van der Waals surface area contributed by atoms with E-state index >= 15 is 0 Å². The van der Waals surface area contributed by atoms with E-state index in [-0.39, 0.29) is 0 Å². The van der Waals surface area contributed by atoms with E-state index in [4.69, 9.17) is 0 Å². The number of hydrogen-bond donors (Lipinski definition) is 1. The molecular weight excluding hydrogens is 202 g/mol. The highest BCUT2D eigenvalue weighted by molar-refractivity contribution is 7.99. The van der Waals surface area contributed by atoms with Crippen molar-refractivity contribution in [2.24, 2.45) is 11.8 Å². The van der Waals surface area contributed by atoms with E-state index in [9.17, 15) is 0 Å². The first kappa shape index (κ1) is 13.4. The van der Waals surface area contributed by atoms with Crippen LogP contribution in [0.15, 0.2) is 0 Å². The minimum absolute atomic E-state index is 0.763. The summed E-state index contributed by atoms with van der Waals surface area (Å²) in [6.45, 7) is 7.95. The lowest BCUT2D eigenvalue weighted by Gasteiger charge is -2.17. The van der Waals surface area contributed by atoms with Crippen LogP contribution in [0.3, 0.4) is 0 Å². The smallest absolute Gasteiger partial charge is 0.0158 e. The molecule has 0 aromatic carbocycles. The molecule has 2 heteroatoms. The monoisotopic (exact) mass is 229 g/mol. The van der Waals surface area contributed by atoms with Crippen LogP contribution < -0.4 is 5.32 Å². The Kier molecular flexibility index (Phi) is 6.74. The Morgan fingerprint density at radius 2 is 2.00 bits per heavy atom. The van der Waals surface area contributed by atoms with E-state index in [1.165, 1.54) is 37.2 Å².